The molecule has 1 saturated heterocycles. The Morgan fingerprint density at radius 2 is 2.29 bits per heavy atom. The molecule has 96 valence electrons. The fourth-order valence-corrected chi connectivity index (χ4v) is 2.38. The van der Waals surface area contributed by atoms with Crippen LogP contribution in [0.4, 0.5) is 5.95 Å². The van der Waals surface area contributed by atoms with Gasteiger partial charge in [0, 0.05) is 31.9 Å². The number of rotatable bonds is 4. The van der Waals surface area contributed by atoms with Gasteiger partial charge in [0.05, 0.1) is 5.69 Å². The van der Waals surface area contributed by atoms with Gasteiger partial charge in [-0.05, 0) is 18.8 Å². The molecule has 0 saturated carbocycles. The Bertz CT molecular complexity index is 369. The number of aromatic nitrogens is 2. The lowest BCUT2D eigenvalue weighted by Crippen LogP contribution is -2.28. The average molecular weight is 236 g/mol. The Kier molecular flexibility index (Phi) is 3.72. The van der Waals surface area contributed by atoms with E-state index in [2.05, 4.69) is 36.4 Å². The molecule has 1 aromatic rings. The Balaban J connectivity index is 2.21. The minimum Gasteiger partial charge on any atom is -0.341 e. The standard InChI is InChI=1S/C13H24N4/c1-4-12-9-17(7-10(2)3)13(15-12)16-6-5-11(14)8-16/h9-11H,4-8,14H2,1-3H3. The summed E-state index contributed by atoms with van der Waals surface area (Å²) in [6.45, 7) is 9.66. The Labute approximate surface area is 104 Å². The Morgan fingerprint density at radius 1 is 1.53 bits per heavy atom. The lowest BCUT2D eigenvalue weighted by molar-refractivity contribution is 0.520. The van der Waals surface area contributed by atoms with Crippen LogP contribution in [0.2, 0.25) is 0 Å². The van der Waals surface area contributed by atoms with E-state index in [-0.39, 0.29) is 0 Å². The summed E-state index contributed by atoms with van der Waals surface area (Å²) in [6.07, 6.45) is 4.27. The number of imidazole rings is 1. The number of hydrogen-bond acceptors (Lipinski definition) is 3. The highest BCUT2D eigenvalue weighted by molar-refractivity contribution is 5.35. The van der Waals surface area contributed by atoms with Crippen molar-refractivity contribution in [2.24, 2.45) is 11.7 Å². The number of hydrogen-bond donors (Lipinski definition) is 1. The second-order valence-electron chi connectivity index (χ2n) is 5.43. The number of anilines is 1. The van der Waals surface area contributed by atoms with Crippen LogP contribution in [0.25, 0.3) is 0 Å². The number of aryl methyl sites for hydroxylation is 1. The van der Waals surface area contributed by atoms with Crippen molar-refractivity contribution in [3.8, 4) is 0 Å². The molecule has 1 aliphatic rings. The van der Waals surface area contributed by atoms with Crippen LogP contribution in [-0.2, 0) is 13.0 Å². The minimum atomic E-state index is 0.310. The van der Waals surface area contributed by atoms with Crippen molar-refractivity contribution < 1.29 is 0 Å². The smallest absolute Gasteiger partial charge is 0.205 e. The normalized spacial score (nSPS) is 20.5. The molecule has 0 aromatic carbocycles. The first-order valence-corrected chi connectivity index (χ1v) is 6.66. The minimum absolute atomic E-state index is 0.310. The molecule has 0 bridgehead atoms. The van der Waals surface area contributed by atoms with Crippen LogP contribution in [0.1, 0.15) is 32.9 Å². The summed E-state index contributed by atoms with van der Waals surface area (Å²) in [4.78, 5) is 7.06. The first-order valence-electron chi connectivity index (χ1n) is 6.66. The molecular formula is C13H24N4. The molecule has 17 heavy (non-hydrogen) atoms. The van der Waals surface area contributed by atoms with E-state index in [1.807, 2.05) is 0 Å². The van der Waals surface area contributed by atoms with Crippen molar-refractivity contribution in [3.05, 3.63) is 11.9 Å². The summed E-state index contributed by atoms with van der Waals surface area (Å²) in [6, 6.07) is 0.310. The van der Waals surface area contributed by atoms with Gasteiger partial charge in [-0.25, -0.2) is 4.98 Å². The zero-order valence-electron chi connectivity index (χ0n) is 11.2. The van der Waals surface area contributed by atoms with Gasteiger partial charge >= 0.3 is 0 Å². The molecule has 1 aliphatic heterocycles. The highest BCUT2D eigenvalue weighted by atomic mass is 15.3. The first kappa shape index (κ1) is 12.4. The average Bonchev–Trinajstić information content (AvgIpc) is 2.83. The third kappa shape index (κ3) is 2.80. The highest BCUT2D eigenvalue weighted by Crippen LogP contribution is 2.21. The zero-order valence-corrected chi connectivity index (χ0v) is 11.2. The summed E-state index contributed by atoms with van der Waals surface area (Å²) in [5.74, 6) is 1.76. The van der Waals surface area contributed by atoms with Gasteiger partial charge in [0.1, 0.15) is 0 Å². The molecular weight excluding hydrogens is 212 g/mol. The van der Waals surface area contributed by atoms with E-state index in [0.29, 0.717) is 12.0 Å². The van der Waals surface area contributed by atoms with E-state index in [1.54, 1.807) is 0 Å². The molecule has 1 fully saturated rings. The van der Waals surface area contributed by atoms with Gasteiger partial charge in [0.25, 0.3) is 0 Å². The van der Waals surface area contributed by atoms with Gasteiger partial charge in [-0.15, -0.1) is 0 Å². The topological polar surface area (TPSA) is 47.1 Å². The van der Waals surface area contributed by atoms with Gasteiger partial charge in [-0.2, -0.15) is 0 Å². The molecule has 0 aliphatic carbocycles. The molecule has 2 rings (SSSR count). The van der Waals surface area contributed by atoms with E-state index in [4.69, 9.17) is 10.7 Å². The molecule has 4 heteroatoms. The van der Waals surface area contributed by atoms with Crippen molar-refractivity contribution in [3.63, 3.8) is 0 Å². The Morgan fingerprint density at radius 3 is 2.82 bits per heavy atom. The third-order valence-corrected chi connectivity index (χ3v) is 3.24. The first-order chi connectivity index (χ1) is 8.10. The predicted molar refractivity (Wildman–Crippen MR) is 71.2 cm³/mol. The zero-order chi connectivity index (χ0) is 12.4. The molecule has 1 aromatic heterocycles. The van der Waals surface area contributed by atoms with E-state index in [0.717, 1.165) is 38.4 Å². The van der Waals surface area contributed by atoms with Gasteiger partial charge in [0.15, 0.2) is 0 Å². The van der Waals surface area contributed by atoms with Crippen LogP contribution in [0, 0.1) is 5.92 Å². The molecule has 0 spiro atoms. The van der Waals surface area contributed by atoms with E-state index < -0.39 is 0 Å². The maximum absolute atomic E-state index is 5.97. The largest absolute Gasteiger partial charge is 0.341 e. The van der Waals surface area contributed by atoms with E-state index >= 15 is 0 Å². The van der Waals surface area contributed by atoms with Gasteiger partial charge in [0.2, 0.25) is 5.95 Å². The maximum atomic E-state index is 5.97. The van der Waals surface area contributed by atoms with Crippen LogP contribution in [0.5, 0.6) is 0 Å². The van der Waals surface area contributed by atoms with Crippen molar-refractivity contribution in [2.45, 2.75) is 46.2 Å². The second-order valence-corrected chi connectivity index (χ2v) is 5.43. The van der Waals surface area contributed by atoms with Gasteiger partial charge in [-0.3, -0.25) is 0 Å². The number of nitrogens with zero attached hydrogens (tertiary/aromatic N) is 3. The Hall–Kier alpha value is -1.03. The molecule has 2 N–H and O–H groups in total. The summed E-state index contributed by atoms with van der Waals surface area (Å²) in [7, 11) is 0. The summed E-state index contributed by atoms with van der Waals surface area (Å²) in [5.41, 5.74) is 7.16. The molecule has 0 radical (unpaired) electrons. The molecule has 0 amide bonds. The van der Waals surface area contributed by atoms with Gasteiger partial charge in [-0.1, -0.05) is 20.8 Å². The van der Waals surface area contributed by atoms with Crippen LogP contribution < -0.4 is 10.6 Å². The quantitative estimate of drug-likeness (QED) is 0.864. The summed E-state index contributed by atoms with van der Waals surface area (Å²) >= 11 is 0. The lowest BCUT2D eigenvalue weighted by Gasteiger charge is -2.19. The summed E-state index contributed by atoms with van der Waals surface area (Å²) in [5, 5.41) is 0. The van der Waals surface area contributed by atoms with Crippen LogP contribution in [0.15, 0.2) is 6.20 Å². The number of nitrogens with two attached hydrogens (primary N) is 1. The van der Waals surface area contributed by atoms with Crippen molar-refractivity contribution in [1.82, 2.24) is 9.55 Å². The predicted octanol–water partition coefficient (Wildman–Crippen LogP) is 1.64. The van der Waals surface area contributed by atoms with Crippen molar-refractivity contribution in [1.29, 1.82) is 0 Å². The fourth-order valence-electron chi connectivity index (χ4n) is 2.38. The third-order valence-electron chi connectivity index (χ3n) is 3.24. The fraction of sp³-hybridized carbons (Fsp3) is 0.769. The SMILES string of the molecule is CCc1cn(CC(C)C)c(N2CCC(N)C2)n1. The molecule has 2 heterocycles. The van der Waals surface area contributed by atoms with Crippen LogP contribution >= 0.6 is 0 Å². The monoisotopic (exact) mass is 236 g/mol. The lowest BCUT2D eigenvalue weighted by atomic mass is 10.2. The van der Waals surface area contributed by atoms with Crippen molar-refractivity contribution in [2.75, 3.05) is 18.0 Å². The van der Waals surface area contributed by atoms with E-state index in [9.17, 15) is 0 Å². The van der Waals surface area contributed by atoms with Gasteiger partial charge < -0.3 is 15.2 Å². The maximum Gasteiger partial charge on any atom is 0.205 e. The molecule has 1 atom stereocenters. The van der Waals surface area contributed by atoms with Crippen LogP contribution in [0.3, 0.4) is 0 Å². The van der Waals surface area contributed by atoms with Crippen LogP contribution in [-0.4, -0.2) is 28.7 Å². The van der Waals surface area contributed by atoms with E-state index in [1.165, 1.54) is 5.69 Å². The highest BCUT2D eigenvalue weighted by Gasteiger charge is 2.23. The summed E-state index contributed by atoms with van der Waals surface area (Å²) < 4.78 is 2.29. The second kappa shape index (κ2) is 5.08. The molecule has 4 nitrogen and oxygen atoms in total. The molecule has 1 unspecified atom stereocenters. The van der Waals surface area contributed by atoms with Crippen molar-refractivity contribution >= 4 is 5.95 Å².